The summed E-state index contributed by atoms with van der Waals surface area (Å²) >= 11 is 5.87. The fourth-order valence-corrected chi connectivity index (χ4v) is 8.51. The van der Waals surface area contributed by atoms with Crippen LogP contribution in [0.3, 0.4) is 0 Å². The normalized spacial score (nSPS) is 17.1. The quantitative estimate of drug-likeness (QED) is 0.144. The smallest absolute Gasteiger partial charge is 0.416 e. The highest BCUT2D eigenvalue weighted by Gasteiger charge is 2.43. The number of sulfonamides is 1. The third kappa shape index (κ3) is 12.6. The Balaban J connectivity index is 0.000000268. The zero-order chi connectivity index (χ0) is 44.0. The molecule has 59 heavy (non-hydrogen) atoms. The lowest BCUT2D eigenvalue weighted by atomic mass is 9.87. The van der Waals surface area contributed by atoms with Crippen molar-refractivity contribution in [1.82, 2.24) is 14.9 Å². The van der Waals surface area contributed by atoms with Gasteiger partial charge >= 0.3 is 12.3 Å². The highest BCUT2D eigenvalue weighted by molar-refractivity contribution is 7.89. The number of ether oxygens (including phenoxy) is 1. The second-order valence-corrected chi connectivity index (χ2v) is 18.9. The molecule has 0 aliphatic carbocycles. The summed E-state index contributed by atoms with van der Waals surface area (Å²) in [7, 11) is -4.16. The molecule has 0 radical (unpaired) electrons. The molecular weight excluding hydrogens is 809 g/mol. The third-order valence-corrected chi connectivity index (χ3v) is 12.6. The molecular formula is C42H56ClF3N6O6S. The van der Waals surface area contributed by atoms with Crippen LogP contribution in [0.1, 0.15) is 103 Å². The summed E-state index contributed by atoms with van der Waals surface area (Å²) in [6, 6.07) is 17.3. The number of carbonyl (C=O) groups excluding carboxylic acids is 3. The number of halogens is 4. The molecule has 2 saturated heterocycles. The van der Waals surface area contributed by atoms with Crippen molar-refractivity contribution in [3.05, 3.63) is 88.4 Å². The number of nitrogens with one attached hydrogen (secondary N) is 4. The van der Waals surface area contributed by atoms with Crippen molar-refractivity contribution in [2.45, 2.75) is 114 Å². The first kappa shape index (κ1) is 47.5. The van der Waals surface area contributed by atoms with Crippen LogP contribution in [-0.2, 0) is 30.5 Å². The monoisotopic (exact) mass is 864 g/mol. The van der Waals surface area contributed by atoms with E-state index >= 15 is 0 Å². The zero-order valence-corrected chi connectivity index (χ0v) is 36.1. The lowest BCUT2D eigenvalue weighted by Crippen LogP contribution is -2.61. The molecule has 2 heterocycles. The van der Waals surface area contributed by atoms with E-state index < -0.39 is 60.4 Å². The number of nitrogens with zero attached hydrogens (tertiary/aromatic N) is 1. The van der Waals surface area contributed by atoms with Crippen LogP contribution in [0.5, 0.6) is 0 Å². The van der Waals surface area contributed by atoms with E-state index in [1.807, 2.05) is 36.4 Å². The van der Waals surface area contributed by atoms with Crippen LogP contribution in [-0.4, -0.2) is 73.5 Å². The van der Waals surface area contributed by atoms with E-state index in [1.165, 1.54) is 5.56 Å². The molecule has 0 saturated carbocycles. The first-order valence-electron chi connectivity index (χ1n) is 19.6. The fraction of sp³-hybridized carbons (Fsp3) is 0.500. The van der Waals surface area contributed by atoms with Crippen LogP contribution in [0.15, 0.2) is 71.6 Å². The molecule has 3 aromatic carbocycles. The Hall–Kier alpha value is -4.22. The highest BCUT2D eigenvalue weighted by atomic mass is 35.5. The van der Waals surface area contributed by atoms with Crippen molar-refractivity contribution in [2.75, 3.05) is 36.8 Å². The number of carbonyl (C=O) groups is 3. The van der Waals surface area contributed by atoms with Crippen molar-refractivity contribution < 1.29 is 40.7 Å². The van der Waals surface area contributed by atoms with Crippen LogP contribution in [0.4, 0.5) is 29.3 Å². The van der Waals surface area contributed by atoms with E-state index in [4.69, 9.17) is 22.1 Å². The summed E-state index contributed by atoms with van der Waals surface area (Å²) in [6.45, 7) is 15.0. The fourth-order valence-electron chi connectivity index (χ4n) is 6.55. The number of alkyl halides is 3. The lowest BCUT2D eigenvalue weighted by Gasteiger charge is -2.37. The van der Waals surface area contributed by atoms with Gasteiger partial charge in [-0.1, -0.05) is 63.6 Å². The molecule has 0 aromatic heterocycles. The Kier molecular flexibility index (Phi) is 15.3. The number of amides is 3. The van der Waals surface area contributed by atoms with Gasteiger partial charge in [-0.2, -0.15) is 17.5 Å². The minimum absolute atomic E-state index is 0.0421. The maximum atomic E-state index is 13.0. The van der Waals surface area contributed by atoms with Crippen LogP contribution < -0.4 is 27.0 Å². The number of anilines is 2. The molecule has 3 amide bonds. The number of alkyl carbamates (subject to hydrolysis) is 1. The van der Waals surface area contributed by atoms with Crippen LogP contribution >= 0.6 is 11.6 Å². The Labute approximate surface area is 350 Å². The van der Waals surface area contributed by atoms with Gasteiger partial charge in [-0.05, 0) is 125 Å². The van der Waals surface area contributed by atoms with Gasteiger partial charge < -0.3 is 31.7 Å². The maximum absolute atomic E-state index is 13.0. The second-order valence-electron chi connectivity index (χ2n) is 16.6. The van der Waals surface area contributed by atoms with Crippen LogP contribution in [0, 0.1) is 0 Å². The Morgan fingerprint density at radius 3 is 1.69 bits per heavy atom. The topological polar surface area (TPSA) is 172 Å². The SMILES string of the molecule is CC(C)c1ccc(NC(=O)C2(N)CCN(S(=O)(=O)c3ccc(C(F)(F)F)cc3Cl)CC2)cc1.CC(C)c1ccc(NC(=O)C2(NC(=O)OC(C)(C)C)CCNCC2)cc1. The summed E-state index contributed by atoms with van der Waals surface area (Å²) in [5.74, 6) is 0.149. The van der Waals surface area contributed by atoms with Crippen LogP contribution in [0.25, 0.3) is 0 Å². The number of benzene rings is 3. The molecule has 2 aliphatic rings. The van der Waals surface area contributed by atoms with E-state index in [1.54, 1.807) is 32.9 Å². The summed E-state index contributed by atoms with van der Waals surface area (Å²) in [5, 5.41) is 11.3. The van der Waals surface area contributed by atoms with Crippen molar-refractivity contribution >= 4 is 50.9 Å². The standard InChI is InChI=1S/C22H25ClF3N3O3S.C20H31N3O3/c1-14(2)15-3-6-17(7-4-15)28-20(30)21(27)9-11-29(12-10-21)33(31,32)19-8-5-16(13-18(19)23)22(24,25)26;1-14(2)15-6-8-16(9-7-15)22-17(24)20(10-12-21-13-11-20)23-18(25)26-19(3,4)5/h3-8,13-14H,9-12,27H2,1-2H3,(H,28,30);6-9,14,21H,10-13H2,1-5H3,(H,22,24)(H,23,25). The molecule has 324 valence electrons. The molecule has 3 aromatic rings. The van der Waals surface area contributed by atoms with Crippen molar-refractivity contribution in [3.63, 3.8) is 0 Å². The van der Waals surface area contributed by atoms with Crippen molar-refractivity contribution in [1.29, 1.82) is 0 Å². The highest BCUT2D eigenvalue weighted by Crippen LogP contribution is 2.35. The summed E-state index contributed by atoms with van der Waals surface area (Å²) in [5.41, 5.74) is 6.03. The zero-order valence-electron chi connectivity index (χ0n) is 34.6. The van der Waals surface area contributed by atoms with Gasteiger partial charge in [-0.15, -0.1) is 0 Å². The number of nitrogens with two attached hydrogens (primary N) is 1. The van der Waals surface area contributed by atoms with Gasteiger partial charge in [0.05, 0.1) is 16.1 Å². The van der Waals surface area contributed by atoms with E-state index in [2.05, 4.69) is 49.0 Å². The number of piperidine rings is 2. The molecule has 17 heteroatoms. The van der Waals surface area contributed by atoms with E-state index in [-0.39, 0.29) is 31.8 Å². The molecule has 2 aliphatic heterocycles. The Morgan fingerprint density at radius 1 is 0.797 bits per heavy atom. The summed E-state index contributed by atoms with van der Waals surface area (Å²) < 4.78 is 70.9. The molecule has 0 bridgehead atoms. The van der Waals surface area contributed by atoms with Crippen molar-refractivity contribution in [3.8, 4) is 0 Å². The molecule has 5 rings (SSSR count). The van der Waals surface area contributed by atoms with Gasteiger partial charge in [-0.3, -0.25) is 9.59 Å². The number of rotatable bonds is 9. The Morgan fingerprint density at radius 2 is 1.27 bits per heavy atom. The van der Waals surface area contributed by atoms with Gasteiger partial charge in [0, 0.05) is 24.5 Å². The van der Waals surface area contributed by atoms with E-state index in [0.717, 1.165) is 21.6 Å². The van der Waals surface area contributed by atoms with Crippen LogP contribution in [0.2, 0.25) is 5.02 Å². The lowest BCUT2D eigenvalue weighted by molar-refractivity contribution is -0.137. The molecule has 0 unspecified atom stereocenters. The summed E-state index contributed by atoms with van der Waals surface area (Å²) in [4.78, 5) is 37.6. The van der Waals surface area contributed by atoms with Gasteiger partial charge in [0.2, 0.25) is 21.8 Å². The van der Waals surface area contributed by atoms with Gasteiger partial charge in [-0.25, -0.2) is 13.2 Å². The van der Waals surface area contributed by atoms with Gasteiger partial charge in [0.1, 0.15) is 16.0 Å². The summed E-state index contributed by atoms with van der Waals surface area (Å²) in [6.07, 6.45) is -4.09. The largest absolute Gasteiger partial charge is 0.444 e. The first-order valence-corrected chi connectivity index (χ1v) is 21.4. The first-order chi connectivity index (χ1) is 27.3. The Bertz CT molecular complexity index is 2040. The third-order valence-electron chi connectivity index (χ3n) is 10.2. The van der Waals surface area contributed by atoms with Gasteiger partial charge in [0.15, 0.2) is 0 Å². The van der Waals surface area contributed by atoms with E-state index in [9.17, 15) is 36.0 Å². The van der Waals surface area contributed by atoms with Gasteiger partial charge in [0.25, 0.3) is 0 Å². The minimum Gasteiger partial charge on any atom is -0.444 e. The minimum atomic E-state index is -4.64. The van der Waals surface area contributed by atoms with Crippen molar-refractivity contribution in [2.24, 2.45) is 5.73 Å². The average Bonchev–Trinajstić information content (AvgIpc) is 3.14. The number of hydrogen-bond donors (Lipinski definition) is 5. The molecule has 6 N–H and O–H groups in total. The second kappa shape index (κ2) is 19.0. The van der Waals surface area contributed by atoms with E-state index in [0.29, 0.717) is 55.6 Å². The average molecular weight is 865 g/mol. The molecule has 2 fully saturated rings. The predicted octanol–water partition coefficient (Wildman–Crippen LogP) is 8.00. The molecule has 12 nitrogen and oxygen atoms in total. The maximum Gasteiger partial charge on any atom is 0.416 e. The molecule has 0 atom stereocenters. The predicted molar refractivity (Wildman–Crippen MR) is 224 cm³/mol. The molecule has 0 spiro atoms. The number of hydrogen-bond acceptors (Lipinski definition) is 8.